The number of likely N-dealkylation sites (tertiary alicyclic amines) is 1. The van der Waals surface area contributed by atoms with E-state index in [4.69, 9.17) is 9.47 Å². The zero-order valence-corrected chi connectivity index (χ0v) is 15.9. The smallest absolute Gasteiger partial charge is 0.231 e. The molecule has 1 saturated heterocycles. The molecule has 0 amide bonds. The summed E-state index contributed by atoms with van der Waals surface area (Å²) in [6.07, 6.45) is 5.38. The van der Waals surface area contributed by atoms with Gasteiger partial charge in [-0.05, 0) is 55.4 Å². The van der Waals surface area contributed by atoms with Crippen LogP contribution >= 0.6 is 0 Å². The van der Waals surface area contributed by atoms with Crippen molar-refractivity contribution in [2.45, 2.75) is 52.6 Å². The highest BCUT2D eigenvalue weighted by molar-refractivity contribution is 5.48. The van der Waals surface area contributed by atoms with Crippen LogP contribution in [0.25, 0.3) is 0 Å². The van der Waals surface area contributed by atoms with Crippen LogP contribution in [0, 0.1) is 12.8 Å². The number of benzene rings is 1. The third kappa shape index (κ3) is 3.70. The Hall–Kier alpha value is -2.08. The minimum absolute atomic E-state index is 0.334. The molecule has 4 rings (SSSR count). The van der Waals surface area contributed by atoms with Crippen LogP contribution in [-0.2, 0) is 13.0 Å². The summed E-state index contributed by atoms with van der Waals surface area (Å²) in [6.45, 7) is 10.0. The van der Waals surface area contributed by atoms with Crippen molar-refractivity contribution in [2.75, 3.05) is 19.9 Å². The van der Waals surface area contributed by atoms with Crippen LogP contribution in [0.1, 0.15) is 49.6 Å². The first kappa shape index (κ1) is 17.3. The first-order chi connectivity index (χ1) is 12.6. The van der Waals surface area contributed by atoms with Crippen molar-refractivity contribution >= 4 is 0 Å². The van der Waals surface area contributed by atoms with E-state index in [1.165, 1.54) is 11.1 Å². The minimum atomic E-state index is 0.334. The molecule has 3 heterocycles. The highest BCUT2D eigenvalue weighted by Gasteiger charge is 2.23. The van der Waals surface area contributed by atoms with Gasteiger partial charge in [0.15, 0.2) is 11.5 Å². The Balaban J connectivity index is 1.35. The van der Waals surface area contributed by atoms with Gasteiger partial charge >= 0.3 is 0 Å². The summed E-state index contributed by atoms with van der Waals surface area (Å²) in [7, 11) is 0. The lowest BCUT2D eigenvalue weighted by Gasteiger charge is -2.32. The average molecular weight is 356 g/mol. The van der Waals surface area contributed by atoms with Gasteiger partial charge in [0, 0.05) is 25.8 Å². The molecule has 0 spiro atoms. The average Bonchev–Trinajstić information content (AvgIpc) is 3.24. The van der Waals surface area contributed by atoms with Gasteiger partial charge in [0.25, 0.3) is 0 Å². The van der Waals surface area contributed by atoms with Crippen molar-refractivity contribution in [2.24, 2.45) is 5.92 Å². The van der Waals surface area contributed by atoms with Crippen molar-refractivity contribution in [3.05, 3.63) is 35.2 Å². The van der Waals surface area contributed by atoms with Gasteiger partial charge in [0.1, 0.15) is 0 Å². The fraction of sp³-hybridized carbons (Fsp3) is 0.600. The lowest BCUT2D eigenvalue weighted by Crippen LogP contribution is -2.34. The summed E-state index contributed by atoms with van der Waals surface area (Å²) in [6, 6.07) is 4.70. The van der Waals surface area contributed by atoms with E-state index in [9.17, 15) is 0 Å². The van der Waals surface area contributed by atoms with Crippen LogP contribution in [0.4, 0.5) is 0 Å². The highest BCUT2D eigenvalue weighted by Crippen LogP contribution is 2.35. The van der Waals surface area contributed by atoms with Crippen molar-refractivity contribution in [3.8, 4) is 11.5 Å². The summed E-state index contributed by atoms with van der Waals surface area (Å²) in [4.78, 5) is 2.52. The largest absolute Gasteiger partial charge is 0.454 e. The summed E-state index contributed by atoms with van der Waals surface area (Å²) in [5.41, 5.74) is 3.71. The van der Waals surface area contributed by atoms with E-state index < -0.39 is 0 Å². The third-order valence-corrected chi connectivity index (χ3v) is 5.33. The molecule has 2 aliphatic rings. The van der Waals surface area contributed by atoms with Crippen LogP contribution in [0.15, 0.2) is 18.3 Å². The molecule has 2 aromatic rings. The molecule has 6 heteroatoms. The molecule has 0 saturated carbocycles. The fourth-order valence-corrected chi connectivity index (χ4v) is 3.84. The Kier molecular flexibility index (Phi) is 4.85. The quantitative estimate of drug-likeness (QED) is 0.822. The molecule has 0 bridgehead atoms. The topological polar surface area (TPSA) is 52.4 Å². The van der Waals surface area contributed by atoms with Crippen LogP contribution in [0.5, 0.6) is 11.5 Å². The number of hydrogen-bond donors (Lipinski definition) is 0. The maximum Gasteiger partial charge on any atom is 0.231 e. The number of hydrogen-bond acceptors (Lipinski definition) is 5. The van der Waals surface area contributed by atoms with Crippen molar-refractivity contribution in [1.29, 1.82) is 0 Å². The van der Waals surface area contributed by atoms with Gasteiger partial charge in [0.05, 0.1) is 11.7 Å². The Morgan fingerprint density at radius 1 is 1.15 bits per heavy atom. The Bertz CT molecular complexity index is 763. The van der Waals surface area contributed by atoms with E-state index in [2.05, 4.69) is 59.0 Å². The highest BCUT2D eigenvalue weighted by atomic mass is 16.7. The molecule has 0 N–H and O–H groups in total. The number of aromatic nitrogens is 3. The lowest BCUT2D eigenvalue weighted by molar-refractivity contribution is 0.170. The Morgan fingerprint density at radius 2 is 1.88 bits per heavy atom. The maximum absolute atomic E-state index is 5.53. The summed E-state index contributed by atoms with van der Waals surface area (Å²) < 4.78 is 13.1. The predicted molar refractivity (Wildman–Crippen MR) is 99.4 cm³/mol. The van der Waals surface area contributed by atoms with Crippen molar-refractivity contribution in [1.82, 2.24) is 19.9 Å². The number of ether oxygens (including phenoxy) is 2. The number of fused-ring (bicyclic) bond motifs is 1. The van der Waals surface area contributed by atoms with Gasteiger partial charge < -0.3 is 9.47 Å². The molecular weight excluding hydrogens is 328 g/mol. The molecule has 6 nitrogen and oxygen atoms in total. The standard InChI is InChI=1S/C20H28N4O2/c1-14(2)8-17-12-24(22-21-17)18-4-6-23(7-5-18)11-16-10-20-19(9-15(16)3)25-13-26-20/h9-10,12,14,18H,4-8,11,13H2,1-3H3. The molecule has 0 atom stereocenters. The van der Waals surface area contributed by atoms with Gasteiger partial charge in [-0.25, -0.2) is 4.68 Å². The molecular formula is C20H28N4O2. The van der Waals surface area contributed by atoms with E-state index in [1.807, 2.05) is 0 Å². The van der Waals surface area contributed by atoms with Gasteiger partial charge in [-0.15, -0.1) is 5.10 Å². The second-order valence-corrected chi connectivity index (χ2v) is 7.93. The van der Waals surface area contributed by atoms with Gasteiger partial charge in [-0.3, -0.25) is 4.90 Å². The molecule has 2 aliphatic heterocycles. The molecule has 1 fully saturated rings. The molecule has 1 aromatic carbocycles. The monoisotopic (exact) mass is 356 g/mol. The fourth-order valence-electron chi connectivity index (χ4n) is 3.84. The normalized spacial score (nSPS) is 18.0. The zero-order chi connectivity index (χ0) is 18.1. The van der Waals surface area contributed by atoms with Crippen LogP contribution < -0.4 is 9.47 Å². The molecule has 26 heavy (non-hydrogen) atoms. The second kappa shape index (κ2) is 7.27. The van der Waals surface area contributed by atoms with Crippen molar-refractivity contribution in [3.63, 3.8) is 0 Å². The first-order valence-electron chi connectivity index (χ1n) is 9.60. The molecule has 1 aromatic heterocycles. The van der Waals surface area contributed by atoms with Crippen LogP contribution in [0.2, 0.25) is 0 Å². The first-order valence-corrected chi connectivity index (χ1v) is 9.60. The Morgan fingerprint density at radius 3 is 2.62 bits per heavy atom. The molecule has 0 aliphatic carbocycles. The van der Waals surface area contributed by atoms with Crippen LogP contribution in [-0.4, -0.2) is 39.8 Å². The summed E-state index contributed by atoms with van der Waals surface area (Å²) in [5.74, 6) is 2.36. The van der Waals surface area contributed by atoms with E-state index >= 15 is 0 Å². The minimum Gasteiger partial charge on any atom is -0.454 e. The maximum atomic E-state index is 5.53. The number of rotatable bonds is 5. The third-order valence-electron chi connectivity index (χ3n) is 5.33. The van der Waals surface area contributed by atoms with Gasteiger partial charge in [0.2, 0.25) is 6.79 Å². The van der Waals surface area contributed by atoms with E-state index in [0.29, 0.717) is 18.8 Å². The lowest BCUT2D eigenvalue weighted by atomic mass is 10.0. The zero-order valence-electron chi connectivity index (χ0n) is 15.9. The summed E-state index contributed by atoms with van der Waals surface area (Å²) in [5, 5.41) is 8.71. The van der Waals surface area contributed by atoms with Crippen molar-refractivity contribution < 1.29 is 9.47 Å². The van der Waals surface area contributed by atoms with E-state index in [1.54, 1.807) is 0 Å². The van der Waals surface area contributed by atoms with Gasteiger partial charge in [-0.1, -0.05) is 19.1 Å². The van der Waals surface area contributed by atoms with Crippen LogP contribution in [0.3, 0.4) is 0 Å². The Labute approximate surface area is 155 Å². The SMILES string of the molecule is Cc1cc2c(cc1CN1CCC(n3cc(CC(C)C)nn3)CC1)OCO2. The number of aryl methyl sites for hydroxylation is 1. The predicted octanol–water partition coefficient (Wildman–Crippen LogP) is 3.35. The molecule has 0 unspecified atom stereocenters. The molecule has 140 valence electrons. The summed E-state index contributed by atoms with van der Waals surface area (Å²) >= 11 is 0. The number of piperidine rings is 1. The van der Waals surface area contributed by atoms with Gasteiger partial charge in [-0.2, -0.15) is 0 Å². The number of nitrogens with zero attached hydrogens (tertiary/aromatic N) is 4. The second-order valence-electron chi connectivity index (χ2n) is 7.93. The van der Waals surface area contributed by atoms with E-state index in [0.717, 1.165) is 56.1 Å². The molecule has 0 radical (unpaired) electrons. The van der Waals surface area contributed by atoms with E-state index in [-0.39, 0.29) is 0 Å².